The number of halogens is 1. The van der Waals surface area contributed by atoms with E-state index < -0.39 is 6.10 Å². The Morgan fingerprint density at radius 1 is 1.12 bits per heavy atom. The van der Waals surface area contributed by atoms with Gasteiger partial charge in [-0.2, -0.15) is 0 Å². The van der Waals surface area contributed by atoms with E-state index >= 15 is 0 Å². The third-order valence-electron chi connectivity index (χ3n) is 2.92. The van der Waals surface area contributed by atoms with Crippen LogP contribution in [0.25, 0.3) is 0 Å². The zero-order chi connectivity index (χ0) is 12.6. The first-order chi connectivity index (χ1) is 8.00. The molecule has 17 heavy (non-hydrogen) atoms. The second kappa shape index (κ2) is 4.34. The molecule has 0 aliphatic carbocycles. The number of hydrogen-bond acceptors (Lipinski definition) is 2. The summed E-state index contributed by atoms with van der Waals surface area (Å²) in [5.41, 5.74) is 2.60. The van der Waals surface area contributed by atoms with Gasteiger partial charge in [0.25, 0.3) is 0 Å². The molecule has 1 N–H and O–H groups in total. The van der Waals surface area contributed by atoms with Crippen molar-refractivity contribution >= 4 is 0 Å². The monoisotopic (exact) mass is 234 g/mol. The van der Waals surface area contributed by atoms with Crippen molar-refractivity contribution in [2.75, 3.05) is 0 Å². The van der Waals surface area contributed by atoms with Crippen LogP contribution in [0.3, 0.4) is 0 Å². The van der Waals surface area contributed by atoms with Gasteiger partial charge in [0.1, 0.15) is 17.7 Å². The van der Waals surface area contributed by atoms with Crippen LogP contribution in [0.15, 0.2) is 28.9 Å². The lowest BCUT2D eigenvalue weighted by Gasteiger charge is -2.12. The van der Waals surface area contributed by atoms with Crippen LogP contribution in [0.1, 0.15) is 34.1 Å². The van der Waals surface area contributed by atoms with E-state index in [0.717, 1.165) is 5.56 Å². The van der Waals surface area contributed by atoms with Gasteiger partial charge in [-0.05, 0) is 49.1 Å². The molecule has 1 unspecified atom stereocenters. The summed E-state index contributed by atoms with van der Waals surface area (Å²) >= 11 is 0. The molecule has 90 valence electrons. The molecule has 1 aromatic heterocycles. The molecule has 1 aromatic carbocycles. The summed E-state index contributed by atoms with van der Waals surface area (Å²) < 4.78 is 18.7. The van der Waals surface area contributed by atoms with Crippen LogP contribution in [-0.4, -0.2) is 5.11 Å². The molecule has 0 aliphatic rings. The molecule has 3 heteroatoms. The summed E-state index contributed by atoms with van der Waals surface area (Å²) in [4.78, 5) is 0. The van der Waals surface area contributed by atoms with Crippen molar-refractivity contribution in [1.82, 2.24) is 0 Å². The molecule has 1 heterocycles. The lowest BCUT2D eigenvalue weighted by molar-refractivity contribution is 0.188. The van der Waals surface area contributed by atoms with Gasteiger partial charge in [-0.1, -0.05) is 12.1 Å². The molecule has 0 radical (unpaired) electrons. The van der Waals surface area contributed by atoms with Crippen LogP contribution >= 0.6 is 0 Å². The number of aliphatic hydroxyl groups excluding tert-OH is 1. The highest BCUT2D eigenvalue weighted by molar-refractivity contribution is 5.35. The number of aryl methyl sites for hydroxylation is 3. The van der Waals surface area contributed by atoms with Crippen LogP contribution in [0.4, 0.5) is 4.39 Å². The average molecular weight is 234 g/mol. The summed E-state index contributed by atoms with van der Waals surface area (Å²) in [5.74, 6) is 0.285. The number of hydrogen-bond donors (Lipinski definition) is 1. The van der Waals surface area contributed by atoms with Crippen molar-refractivity contribution < 1.29 is 13.9 Å². The molecule has 0 aliphatic heterocycles. The van der Waals surface area contributed by atoms with Crippen LogP contribution in [-0.2, 0) is 0 Å². The number of rotatable bonds is 2. The number of benzene rings is 1. The van der Waals surface area contributed by atoms with Crippen molar-refractivity contribution in [2.45, 2.75) is 26.9 Å². The van der Waals surface area contributed by atoms with Crippen molar-refractivity contribution in [3.05, 3.63) is 58.3 Å². The molecule has 1 atom stereocenters. The Morgan fingerprint density at radius 2 is 1.71 bits per heavy atom. The molecule has 0 spiro atoms. The number of furan rings is 1. The van der Waals surface area contributed by atoms with Gasteiger partial charge in [-0.3, -0.25) is 0 Å². The predicted octanol–water partition coefficient (Wildman–Crippen LogP) is 3.43. The normalized spacial score (nSPS) is 12.8. The predicted molar refractivity (Wildman–Crippen MR) is 63.4 cm³/mol. The quantitative estimate of drug-likeness (QED) is 0.863. The third-order valence-corrected chi connectivity index (χ3v) is 2.92. The van der Waals surface area contributed by atoms with Crippen LogP contribution < -0.4 is 0 Å². The maximum atomic E-state index is 13.5. The Kier molecular flexibility index (Phi) is 3.03. The minimum Gasteiger partial charge on any atom is -0.466 e. The highest BCUT2D eigenvalue weighted by Gasteiger charge is 2.18. The van der Waals surface area contributed by atoms with Gasteiger partial charge in [0, 0.05) is 0 Å². The lowest BCUT2D eigenvalue weighted by Crippen LogP contribution is -2.02. The SMILES string of the molecule is Cc1ccoc1C(O)c1cc(C)c(F)c(C)c1. The topological polar surface area (TPSA) is 33.4 Å². The standard InChI is InChI=1S/C14H15FO2/c1-8-4-5-17-14(8)13(16)11-6-9(2)12(15)10(3)7-11/h4-7,13,16H,1-3H3. The second-order valence-corrected chi connectivity index (χ2v) is 4.34. The maximum Gasteiger partial charge on any atom is 0.139 e. The Labute approximate surface area is 99.7 Å². The fraction of sp³-hybridized carbons (Fsp3) is 0.286. The molecule has 0 bridgehead atoms. The van der Waals surface area contributed by atoms with E-state index in [1.54, 1.807) is 32.0 Å². The molecule has 2 rings (SSSR count). The zero-order valence-corrected chi connectivity index (χ0v) is 10.1. The van der Waals surface area contributed by atoms with Crippen molar-refractivity contribution in [1.29, 1.82) is 0 Å². The highest BCUT2D eigenvalue weighted by atomic mass is 19.1. The van der Waals surface area contributed by atoms with Gasteiger partial charge in [-0.15, -0.1) is 0 Å². The van der Waals surface area contributed by atoms with E-state index in [1.165, 1.54) is 6.26 Å². The zero-order valence-electron chi connectivity index (χ0n) is 10.1. The second-order valence-electron chi connectivity index (χ2n) is 4.34. The van der Waals surface area contributed by atoms with Gasteiger partial charge in [0.2, 0.25) is 0 Å². The fourth-order valence-electron chi connectivity index (χ4n) is 1.95. The first-order valence-electron chi connectivity index (χ1n) is 5.49. The summed E-state index contributed by atoms with van der Waals surface area (Å²) in [6.07, 6.45) is 0.694. The van der Waals surface area contributed by atoms with Crippen molar-refractivity contribution in [3.63, 3.8) is 0 Å². The Bertz CT molecular complexity index is 520. The highest BCUT2D eigenvalue weighted by Crippen LogP contribution is 2.27. The van der Waals surface area contributed by atoms with E-state index in [4.69, 9.17) is 4.42 Å². The van der Waals surface area contributed by atoms with E-state index in [1.807, 2.05) is 6.92 Å². The van der Waals surface area contributed by atoms with E-state index in [9.17, 15) is 9.50 Å². The molecule has 0 amide bonds. The molecule has 0 saturated carbocycles. The first-order valence-corrected chi connectivity index (χ1v) is 5.49. The number of aliphatic hydroxyl groups is 1. The van der Waals surface area contributed by atoms with E-state index in [2.05, 4.69) is 0 Å². The smallest absolute Gasteiger partial charge is 0.139 e. The lowest BCUT2D eigenvalue weighted by atomic mass is 10.00. The van der Waals surface area contributed by atoms with Crippen LogP contribution in [0, 0.1) is 26.6 Å². The minimum atomic E-state index is -0.844. The Hall–Kier alpha value is -1.61. The maximum absolute atomic E-state index is 13.5. The van der Waals surface area contributed by atoms with Gasteiger partial charge in [0.15, 0.2) is 0 Å². The first kappa shape index (κ1) is 11.9. The largest absolute Gasteiger partial charge is 0.466 e. The summed E-state index contributed by atoms with van der Waals surface area (Å²) in [6, 6.07) is 5.09. The van der Waals surface area contributed by atoms with Crippen molar-refractivity contribution in [2.24, 2.45) is 0 Å². The molecular formula is C14H15FO2. The minimum absolute atomic E-state index is 0.225. The van der Waals surface area contributed by atoms with Crippen LogP contribution in [0.5, 0.6) is 0 Å². The average Bonchev–Trinajstić information content (AvgIpc) is 2.70. The van der Waals surface area contributed by atoms with E-state index in [-0.39, 0.29) is 5.82 Å². The van der Waals surface area contributed by atoms with Gasteiger partial charge in [0.05, 0.1) is 6.26 Å². The molecule has 2 nitrogen and oxygen atoms in total. The van der Waals surface area contributed by atoms with Gasteiger partial charge in [-0.25, -0.2) is 4.39 Å². The molecular weight excluding hydrogens is 219 g/mol. The Morgan fingerprint density at radius 3 is 2.18 bits per heavy atom. The van der Waals surface area contributed by atoms with Crippen molar-refractivity contribution in [3.8, 4) is 0 Å². The molecule has 0 fully saturated rings. The fourth-order valence-corrected chi connectivity index (χ4v) is 1.95. The van der Waals surface area contributed by atoms with Gasteiger partial charge >= 0.3 is 0 Å². The van der Waals surface area contributed by atoms with E-state index in [0.29, 0.717) is 22.5 Å². The van der Waals surface area contributed by atoms with Crippen LogP contribution in [0.2, 0.25) is 0 Å². The third kappa shape index (κ3) is 2.11. The molecule has 2 aromatic rings. The summed E-state index contributed by atoms with van der Waals surface area (Å²) in [5, 5.41) is 10.2. The summed E-state index contributed by atoms with van der Waals surface area (Å²) in [6.45, 7) is 5.24. The molecule has 0 saturated heterocycles. The van der Waals surface area contributed by atoms with Gasteiger partial charge < -0.3 is 9.52 Å². The summed E-state index contributed by atoms with van der Waals surface area (Å²) in [7, 11) is 0. The Balaban J connectivity index is 2.45.